The van der Waals surface area contributed by atoms with E-state index in [-0.39, 0.29) is 12.5 Å². The van der Waals surface area contributed by atoms with E-state index in [1.54, 1.807) is 49.6 Å². The molecule has 9 nitrogen and oxygen atoms in total. The largest absolute Gasteiger partial charge is 0.484 e. The summed E-state index contributed by atoms with van der Waals surface area (Å²) in [5.74, 6) is -1.55. The summed E-state index contributed by atoms with van der Waals surface area (Å²) >= 11 is 6.05. The average molecular weight is 461 g/mol. The van der Waals surface area contributed by atoms with Crippen LogP contribution in [0.15, 0.2) is 47.6 Å². The molecule has 0 aliphatic rings. The number of ether oxygens (including phenoxy) is 2. The fourth-order valence-corrected chi connectivity index (χ4v) is 2.65. The summed E-state index contributed by atoms with van der Waals surface area (Å²) in [6, 6.07) is 12.0. The van der Waals surface area contributed by atoms with Gasteiger partial charge in [0, 0.05) is 31.0 Å². The maximum Gasteiger partial charge on any atom is 0.329 e. The normalized spacial score (nSPS) is 10.6. The molecule has 2 rings (SSSR count). The van der Waals surface area contributed by atoms with Crippen molar-refractivity contribution in [2.45, 2.75) is 13.3 Å². The van der Waals surface area contributed by atoms with E-state index in [9.17, 15) is 14.4 Å². The van der Waals surface area contributed by atoms with E-state index in [4.69, 9.17) is 21.1 Å². The molecule has 0 spiro atoms. The fourth-order valence-electron chi connectivity index (χ4n) is 2.48. The van der Waals surface area contributed by atoms with Crippen LogP contribution in [0.1, 0.15) is 17.5 Å². The van der Waals surface area contributed by atoms with Crippen molar-refractivity contribution in [2.75, 3.05) is 32.2 Å². The second-order valence-corrected chi connectivity index (χ2v) is 7.03. The van der Waals surface area contributed by atoms with Crippen LogP contribution < -0.4 is 20.8 Å². The van der Waals surface area contributed by atoms with Gasteiger partial charge in [-0.25, -0.2) is 5.43 Å². The van der Waals surface area contributed by atoms with E-state index < -0.39 is 11.8 Å². The maximum atomic E-state index is 12.2. The Balaban J connectivity index is 1.81. The molecule has 0 saturated heterocycles. The number of nitrogens with one attached hydrogen (secondary N) is 3. The van der Waals surface area contributed by atoms with Gasteiger partial charge in [0.1, 0.15) is 5.75 Å². The Hall–Kier alpha value is -3.43. The quantitative estimate of drug-likeness (QED) is 0.217. The lowest BCUT2D eigenvalue weighted by molar-refractivity contribution is -0.139. The molecular weight excluding hydrogens is 436 g/mol. The Morgan fingerprint density at radius 3 is 2.69 bits per heavy atom. The summed E-state index contributed by atoms with van der Waals surface area (Å²) in [5, 5.41) is 9.52. The van der Waals surface area contributed by atoms with Crippen LogP contribution in [0.25, 0.3) is 0 Å². The monoisotopic (exact) mass is 460 g/mol. The topological polar surface area (TPSA) is 118 Å². The van der Waals surface area contributed by atoms with Crippen LogP contribution >= 0.6 is 11.6 Å². The summed E-state index contributed by atoms with van der Waals surface area (Å²) in [5.41, 5.74) is 4.14. The molecule has 0 unspecified atom stereocenters. The number of hydrogen-bond donors (Lipinski definition) is 3. The number of nitrogens with zero attached hydrogens (tertiary/aromatic N) is 1. The smallest absolute Gasteiger partial charge is 0.329 e. The number of halogens is 1. The molecule has 170 valence electrons. The predicted molar refractivity (Wildman–Crippen MR) is 122 cm³/mol. The second-order valence-electron chi connectivity index (χ2n) is 6.62. The number of carbonyl (C=O) groups excluding carboxylic acids is 3. The lowest BCUT2D eigenvalue weighted by Crippen LogP contribution is -2.38. The van der Waals surface area contributed by atoms with Crippen molar-refractivity contribution >= 4 is 41.2 Å². The van der Waals surface area contributed by atoms with Gasteiger partial charge >= 0.3 is 11.8 Å². The molecule has 32 heavy (non-hydrogen) atoms. The van der Waals surface area contributed by atoms with Gasteiger partial charge < -0.3 is 20.1 Å². The molecular formula is C22H25ClN4O5. The van der Waals surface area contributed by atoms with Gasteiger partial charge in [-0.1, -0.05) is 29.8 Å². The highest BCUT2D eigenvalue weighted by molar-refractivity contribution is 6.35. The summed E-state index contributed by atoms with van der Waals surface area (Å²) in [6.45, 7) is 2.42. The van der Waals surface area contributed by atoms with Crippen LogP contribution in [0, 0.1) is 6.92 Å². The number of hydrogen-bond acceptors (Lipinski definition) is 6. The van der Waals surface area contributed by atoms with Crippen LogP contribution in [-0.2, 0) is 19.1 Å². The number of rotatable bonds is 10. The number of anilines is 1. The maximum absolute atomic E-state index is 12.2. The van der Waals surface area contributed by atoms with Crippen molar-refractivity contribution in [3.8, 4) is 5.75 Å². The minimum atomic E-state index is -0.876. The summed E-state index contributed by atoms with van der Waals surface area (Å²) < 4.78 is 10.4. The van der Waals surface area contributed by atoms with E-state index in [1.807, 2.05) is 6.92 Å². The highest BCUT2D eigenvalue weighted by Crippen LogP contribution is 2.22. The molecule has 10 heteroatoms. The summed E-state index contributed by atoms with van der Waals surface area (Å²) in [4.78, 5) is 35.5. The zero-order valence-electron chi connectivity index (χ0n) is 17.8. The molecule has 0 bridgehead atoms. The van der Waals surface area contributed by atoms with Crippen LogP contribution in [0.5, 0.6) is 5.75 Å². The van der Waals surface area contributed by atoms with Gasteiger partial charge in [0.25, 0.3) is 5.91 Å². The molecule has 2 aromatic carbocycles. The number of methoxy groups -OCH3 is 1. The van der Waals surface area contributed by atoms with Gasteiger partial charge in [-0.05, 0) is 48.7 Å². The average Bonchev–Trinajstić information content (AvgIpc) is 2.78. The number of benzene rings is 2. The van der Waals surface area contributed by atoms with Gasteiger partial charge in [0.15, 0.2) is 6.61 Å². The molecule has 0 atom stereocenters. The molecule has 0 fully saturated rings. The third-order valence-electron chi connectivity index (χ3n) is 4.17. The van der Waals surface area contributed by atoms with Crippen LogP contribution in [0.3, 0.4) is 0 Å². The van der Waals surface area contributed by atoms with Gasteiger partial charge in [-0.3, -0.25) is 14.4 Å². The third kappa shape index (κ3) is 8.37. The van der Waals surface area contributed by atoms with Crippen molar-refractivity contribution in [1.82, 2.24) is 10.7 Å². The Morgan fingerprint density at radius 1 is 1.12 bits per heavy atom. The van der Waals surface area contributed by atoms with E-state index in [2.05, 4.69) is 21.2 Å². The number of hydrazone groups is 1. The lowest BCUT2D eigenvalue weighted by atomic mass is 10.2. The van der Waals surface area contributed by atoms with E-state index in [0.717, 1.165) is 5.56 Å². The van der Waals surface area contributed by atoms with Crippen molar-refractivity contribution in [1.29, 1.82) is 0 Å². The summed E-state index contributed by atoms with van der Waals surface area (Å²) in [7, 11) is 1.56. The molecule has 0 radical (unpaired) electrons. The number of carbonyl (C=O) groups is 3. The fraction of sp³-hybridized carbons (Fsp3) is 0.273. The highest BCUT2D eigenvalue weighted by Gasteiger charge is 2.11. The van der Waals surface area contributed by atoms with E-state index in [1.165, 1.54) is 6.21 Å². The van der Waals surface area contributed by atoms with Gasteiger partial charge in [-0.2, -0.15) is 5.10 Å². The van der Waals surface area contributed by atoms with Crippen LogP contribution in [0.2, 0.25) is 5.02 Å². The molecule has 3 N–H and O–H groups in total. The molecule has 3 amide bonds. The standard InChI is InChI=1S/C22H25ClN4O5/c1-15-18(23)8-4-9-19(15)26-20(28)14-32-17-7-3-6-16(12-17)13-25-27-22(30)21(29)24-10-5-11-31-2/h3-4,6-9,12-13H,5,10-11,14H2,1-2H3,(H,24,29)(H,26,28)(H,27,30)/b25-13-. The lowest BCUT2D eigenvalue weighted by Gasteiger charge is -2.10. The van der Waals surface area contributed by atoms with Gasteiger partial charge in [0.05, 0.1) is 6.21 Å². The SMILES string of the molecule is COCCCNC(=O)C(=O)N/N=C\c1cccc(OCC(=O)Nc2cccc(Cl)c2C)c1. The Morgan fingerprint density at radius 2 is 1.91 bits per heavy atom. The zero-order chi connectivity index (χ0) is 23.3. The second kappa shape index (κ2) is 13.1. The molecule has 2 aromatic rings. The predicted octanol–water partition coefficient (Wildman–Crippen LogP) is 2.27. The summed E-state index contributed by atoms with van der Waals surface area (Å²) in [6.07, 6.45) is 1.96. The third-order valence-corrected chi connectivity index (χ3v) is 4.58. The van der Waals surface area contributed by atoms with Crippen molar-refractivity contribution < 1.29 is 23.9 Å². The van der Waals surface area contributed by atoms with E-state index >= 15 is 0 Å². The first-order chi connectivity index (χ1) is 15.4. The van der Waals surface area contributed by atoms with E-state index in [0.29, 0.717) is 41.6 Å². The Labute approximate surface area is 191 Å². The first kappa shape index (κ1) is 24.8. The minimum Gasteiger partial charge on any atom is -0.484 e. The molecule has 0 aliphatic carbocycles. The first-order valence-corrected chi connectivity index (χ1v) is 10.2. The van der Waals surface area contributed by atoms with Gasteiger partial charge in [0.2, 0.25) is 0 Å². The van der Waals surface area contributed by atoms with Crippen LogP contribution in [0.4, 0.5) is 5.69 Å². The van der Waals surface area contributed by atoms with Crippen molar-refractivity contribution in [3.63, 3.8) is 0 Å². The molecule has 0 heterocycles. The molecule has 0 saturated carbocycles. The van der Waals surface area contributed by atoms with Crippen molar-refractivity contribution in [3.05, 3.63) is 58.6 Å². The highest BCUT2D eigenvalue weighted by atomic mass is 35.5. The minimum absolute atomic E-state index is 0.202. The molecule has 0 aromatic heterocycles. The Bertz CT molecular complexity index is 981. The van der Waals surface area contributed by atoms with Gasteiger partial charge in [-0.15, -0.1) is 0 Å². The molecule has 0 aliphatic heterocycles. The Kier molecular flexibility index (Phi) is 10.2. The van der Waals surface area contributed by atoms with Crippen LogP contribution in [-0.4, -0.2) is 50.8 Å². The number of amides is 3. The first-order valence-electron chi connectivity index (χ1n) is 9.78. The zero-order valence-corrected chi connectivity index (χ0v) is 18.6. The van der Waals surface area contributed by atoms with Crippen molar-refractivity contribution in [2.24, 2.45) is 5.10 Å².